The van der Waals surface area contributed by atoms with Crippen molar-refractivity contribution < 1.29 is 19.1 Å². The highest BCUT2D eigenvalue weighted by molar-refractivity contribution is 6.10. The van der Waals surface area contributed by atoms with Crippen LogP contribution < -0.4 is 15.0 Å². The molecule has 2 rings (SSSR count). The Morgan fingerprint density at radius 1 is 1.23 bits per heavy atom. The molecule has 0 saturated carbocycles. The van der Waals surface area contributed by atoms with Crippen molar-refractivity contribution in [2.24, 2.45) is 0 Å². The summed E-state index contributed by atoms with van der Waals surface area (Å²) in [6.07, 6.45) is 10.5. The van der Waals surface area contributed by atoms with Crippen molar-refractivity contribution in [3.8, 4) is 5.75 Å². The molecule has 1 fully saturated rings. The number of anilines is 1. The number of nitrogens with zero attached hydrogens (tertiary/aromatic N) is 2. The summed E-state index contributed by atoms with van der Waals surface area (Å²) in [7, 11) is 5.90. The molecule has 160 valence electrons. The van der Waals surface area contributed by atoms with Gasteiger partial charge < -0.3 is 14.4 Å². The average Bonchev–Trinajstić information content (AvgIpc) is 3.13. The van der Waals surface area contributed by atoms with Crippen LogP contribution >= 0.6 is 0 Å². The molecule has 1 aliphatic rings. The number of nitrogens with one attached hydrogen (secondary N) is 1. The lowest BCUT2D eigenvalue weighted by molar-refractivity contribution is -0.122. The lowest BCUT2D eigenvalue weighted by atomic mass is 10.1. The van der Waals surface area contributed by atoms with Crippen LogP contribution in [0.15, 0.2) is 36.5 Å². The lowest BCUT2D eigenvalue weighted by Gasteiger charge is -2.23. The quantitative estimate of drug-likeness (QED) is 0.234. The maximum Gasteiger partial charge on any atom is 0.251 e. The van der Waals surface area contributed by atoms with Gasteiger partial charge in [-0.25, -0.2) is 0 Å². The second-order valence-corrected chi connectivity index (χ2v) is 7.29. The number of unbranched alkanes of at least 4 members (excludes halogenated alkanes) is 5. The van der Waals surface area contributed by atoms with E-state index in [0.29, 0.717) is 19.6 Å². The molecule has 1 aliphatic heterocycles. The molecule has 1 aromatic carbocycles. The van der Waals surface area contributed by atoms with E-state index in [9.17, 15) is 14.4 Å². The van der Waals surface area contributed by atoms with Crippen molar-refractivity contribution >= 4 is 31.9 Å². The van der Waals surface area contributed by atoms with E-state index in [4.69, 9.17) is 12.7 Å². The summed E-state index contributed by atoms with van der Waals surface area (Å²) in [5.41, 5.74) is 0.783. The Morgan fingerprint density at radius 2 is 1.93 bits per heavy atom. The highest BCUT2D eigenvalue weighted by atomic mass is 16.5. The van der Waals surface area contributed by atoms with Crippen molar-refractivity contribution in [3.63, 3.8) is 0 Å². The van der Waals surface area contributed by atoms with Crippen molar-refractivity contribution in [2.75, 3.05) is 18.1 Å². The minimum absolute atomic E-state index is 0.140. The fourth-order valence-corrected chi connectivity index (χ4v) is 3.36. The fraction of sp³-hybridized carbons (Fsp3) is 0.500. The molecule has 1 aromatic rings. The maximum absolute atomic E-state index is 12.7. The lowest BCUT2D eigenvalue weighted by Crippen LogP contribution is -2.38. The van der Waals surface area contributed by atoms with E-state index in [1.165, 1.54) is 43.1 Å². The van der Waals surface area contributed by atoms with Crippen LogP contribution in [0, 0.1) is 0 Å². The van der Waals surface area contributed by atoms with E-state index in [1.807, 2.05) is 29.6 Å². The van der Waals surface area contributed by atoms with Gasteiger partial charge in [0.05, 0.1) is 12.6 Å². The van der Waals surface area contributed by atoms with Gasteiger partial charge in [-0.15, -0.1) is 0 Å². The van der Waals surface area contributed by atoms with Gasteiger partial charge in [0, 0.05) is 18.3 Å². The highest BCUT2D eigenvalue weighted by Gasteiger charge is 2.34. The second-order valence-electron chi connectivity index (χ2n) is 7.29. The fourth-order valence-electron chi connectivity index (χ4n) is 3.36. The molecule has 1 N–H and O–H groups in total. The van der Waals surface area contributed by atoms with Crippen LogP contribution in [0.25, 0.3) is 0 Å². The SMILES string of the molecule is [B]N(/C=C\C(=O)NC=O)C1CCN(c2ccc(OCCCCCCCC)cc2)C1=O. The summed E-state index contributed by atoms with van der Waals surface area (Å²) in [5.74, 6) is 0.0538. The predicted molar refractivity (Wildman–Crippen MR) is 117 cm³/mol. The third-order valence-corrected chi connectivity index (χ3v) is 5.05. The smallest absolute Gasteiger partial charge is 0.251 e. The molecule has 2 radical (unpaired) electrons. The third kappa shape index (κ3) is 7.24. The van der Waals surface area contributed by atoms with Gasteiger partial charge >= 0.3 is 0 Å². The molecule has 1 atom stereocenters. The molecule has 7 nitrogen and oxygen atoms in total. The molecule has 0 aromatic heterocycles. The van der Waals surface area contributed by atoms with Crippen molar-refractivity contribution in [1.29, 1.82) is 0 Å². The second kappa shape index (κ2) is 12.7. The maximum atomic E-state index is 12.7. The number of hydrogen-bond acceptors (Lipinski definition) is 5. The van der Waals surface area contributed by atoms with E-state index in [-0.39, 0.29) is 12.3 Å². The van der Waals surface area contributed by atoms with Gasteiger partial charge in [0.1, 0.15) is 5.75 Å². The van der Waals surface area contributed by atoms with E-state index in [1.54, 1.807) is 4.90 Å². The number of carbonyl (C=O) groups is 3. The first-order valence-electron chi connectivity index (χ1n) is 10.6. The number of hydrogen-bond donors (Lipinski definition) is 1. The summed E-state index contributed by atoms with van der Waals surface area (Å²) in [6.45, 7) is 3.44. The third-order valence-electron chi connectivity index (χ3n) is 5.05. The van der Waals surface area contributed by atoms with Gasteiger partial charge in [0.25, 0.3) is 5.91 Å². The van der Waals surface area contributed by atoms with Gasteiger partial charge in [0.2, 0.25) is 20.3 Å². The van der Waals surface area contributed by atoms with Crippen molar-refractivity contribution in [3.05, 3.63) is 36.5 Å². The molecule has 8 heteroatoms. The molecule has 3 amide bonds. The summed E-state index contributed by atoms with van der Waals surface area (Å²) in [6, 6.07) is 6.91. The van der Waals surface area contributed by atoms with Gasteiger partial charge in [-0.3, -0.25) is 19.7 Å². The van der Waals surface area contributed by atoms with E-state index in [0.717, 1.165) is 23.9 Å². The number of benzene rings is 1. The Bertz CT molecular complexity index is 724. The molecular weight excluding hydrogens is 381 g/mol. The average molecular weight is 411 g/mol. The molecule has 0 aliphatic carbocycles. The number of ether oxygens (including phenoxy) is 1. The largest absolute Gasteiger partial charge is 0.494 e. The summed E-state index contributed by atoms with van der Waals surface area (Å²) in [4.78, 5) is 37.1. The van der Waals surface area contributed by atoms with Crippen molar-refractivity contribution in [1.82, 2.24) is 10.1 Å². The monoisotopic (exact) mass is 411 g/mol. The Hall–Kier alpha value is -2.77. The predicted octanol–water partition coefficient (Wildman–Crippen LogP) is 2.70. The molecular formula is C22H30BN3O4. The Morgan fingerprint density at radius 3 is 2.63 bits per heavy atom. The summed E-state index contributed by atoms with van der Waals surface area (Å²) < 4.78 is 5.79. The molecule has 0 bridgehead atoms. The first-order valence-corrected chi connectivity index (χ1v) is 10.6. The van der Waals surface area contributed by atoms with Crippen LogP contribution in [0.4, 0.5) is 5.69 Å². The Labute approximate surface area is 179 Å². The first kappa shape index (κ1) is 23.5. The van der Waals surface area contributed by atoms with Crippen LogP contribution in [0.2, 0.25) is 0 Å². The van der Waals surface area contributed by atoms with E-state index >= 15 is 0 Å². The van der Waals surface area contributed by atoms with Gasteiger partial charge in [-0.1, -0.05) is 39.0 Å². The zero-order valence-corrected chi connectivity index (χ0v) is 17.6. The van der Waals surface area contributed by atoms with Crippen LogP contribution in [0.3, 0.4) is 0 Å². The van der Waals surface area contributed by atoms with E-state index in [2.05, 4.69) is 6.92 Å². The van der Waals surface area contributed by atoms with Gasteiger partial charge in [-0.2, -0.15) is 0 Å². The van der Waals surface area contributed by atoms with Crippen LogP contribution in [0.5, 0.6) is 5.75 Å². The number of rotatable bonds is 13. The number of imide groups is 1. The molecule has 1 unspecified atom stereocenters. The van der Waals surface area contributed by atoms with Gasteiger partial charge in [0.15, 0.2) is 0 Å². The van der Waals surface area contributed by atoms with Crippen LogP contribution in [-0.2, 0) is 14.4 Å². The summed E-state index contributed by atoms with van der Waals surface area (Å²) in [5, 5.41) is 1.98. The Balaban J connectivity index is 1.80. The topological polar surface area (TPSA) is 79.0 Å². The van der Waals surface area contributed by atoms with Crippen LogP contribution in [-0.4, -0.2) is 50.2 Å². The molecule has 1 heterocycles. The van der Waals surface area contributed by atoms with Gasteiger partial charge in [-0.05, 0) is 43.3 Å². The zero-order valence-electron chi connectivity index (χ0n) is 17.6. The summed E-state index contributed by atoms with van der Waals surface area (Å²) >= 11 is 0. The minimum Gasteiger partial charge on any atom is -0.494 e. The normalized spacial score (nSPS) is 16.1. The Kier molecular flexibility index (Phi) is 9.97. The van der Waals surface area contributed by atoms with E-state index < -0.39 is 11.9 Å². The van der Waals surface area contributed by atoms with Crippen LogP contribution in [0.1, 0.15) is 51.9 Å². The number of carbonyl (C=O) groups excluding carboxylic acids is 3. The molecule has 30 heavy (non-hydrogen) atoms. The van der Waals surface area contributed by atoms with Crippen molar-refractivity contribution in [2.45, 2.75) is 57.9 Å². The molecule has 0 spiro atoms. The zero-order chi connectivity index (χ0) is 21.8. The minimum atomic E-state index is -0.598. The first-order chi connectivity index (χ1) is 14.6. The molecule has 1 saturated heterocycles. The highest BCUT2D eigenvalue weighted by Crippen LogP contribution is 2.26. The standard InChI is InChI=1S/C22H30BN3O4/c1-2-3-4-5-6-7-16-30-19-10-8-18(9-11-19)25-14-12-20(22(25)29)26(23)15-13-21(28)24-17-27/h8-11,13,15,17,20H,2-7,12,14,16H2,1H3,(H,24,27,28)/b15-13-. The number of amides is 3.